The van der Waals surface area contributed by atoms with Gasteiger partial charge in [0.05, 0.1) is 0 Å². The number of hydrogen-bond donors (Lipinski definition) is 2. The minimum Gasteiger partial charge on any atom is -0.288 e. The highest BCUT2D eigenvalue weighted by molar-refractivity contribution is 14.1. The third-order valence-electron chi connectivity index (χ3n) is 1.52. The molecule has 0 unspecified atom stereocenters. The van der Waals surface area contributed by atoms with E-state index in [0.29, 0.717) is 5.56 Å². The Balaban J connectivity index is 3.05. The van der Waals surface area contributed by atoms with Crippen molar-refractivity contribution in [2.24, 2.45) is 0 Å². The molecule has 0 radical (unpaired) electrons. The average molecular weight is 277 g/mol. The monoisotopic (exact) mass is 277 g/mol. The molecule has 1 aromatic rings. The number of hydrogen-bond acceptors (Lipinski definition) is 2. The molecule has 4 heteroatoms. The van der Waals surface area contributed by atoms with Crippen LogP contribution in [0, 0.1) is 10.5 Å². The van der Waals surface area contributed by atoms with Gasteiger partial charge in [-0.1, -0.05) is 0 Å². The van der Waals surface area contributed by atoms with E-state index in [0.717, 1.165) is 9.13 Å². The molecule has 0 bridgehead atoms. The van der Waals surface area contributed by atoms with E-state index in [1.165, 1.54) is 0 Å². The maximum atomic E-state index is 10.9. The number of hydroxylamine groups is 1. The number of halogens is 1. The molecule has 0 heterocycles. The molecule has 1 aromatic carbocycles. The van der Waals surface area contributed by atoms with Crippen LogP contribution in [0.2, 0.25) is 0 Å². The highest BCUT2D eigenvalue weighted by atomic mass is 127. The molecule has 12 heavy (non-hydrogen) atoms. The van der Waals surface area contributed by atoms with Crippen LogP contribution in [0.15, 0.2) is 18.2 Å². The lowest BCUT2D eigenvalue weighted by Gasteiger charge is -2.01. The summed E-state index contributed by atoms with van der Waals surface area (Å²) in [4.78, 5) is 10.9. The SMILES string of the molecule is Cc1cc(C(=O)NO)ccc1I. The van der Waals surface area contributed by atoms with Crippen molar-refractivity contribution in [1.29, 1.82) is 0 Å². The summed E-state index contributed by atoms with van der Waals surface area (Å²) in [5.74, 6) is -0.477. The van der Waals surface area contributed by atoms with Crippen LogP contribution in [0.25, 0.3) is 0 Å². The van der Waals surface area contributed by atoms with Crippen LogP contribution >= 0.6 is 22.6 Å². The van der Waals surface area contributed by atoms with E-state index in [-0.39, 0.29) is 0 Å². The molecule has 64 valence electrons. The summed E-state index contributed by atoms with van der Waals surface area (Å²) < 4.78 is 1.10. The van der Waals surface area contributed by atoms with Crippen LogP contribution in [0.1, 0.15) is 15.9 Å². The lowest BCUT2D eigenvalue weighted by atomic mass is 10.1. The first kappa shape index (κ1) is 9.47. The Bertz CT molecular complexity index is 312. The van der Waals surface area contributed by atoms with Gasteiger partial charge in [-0.15, -0.1) is 0 Å². The molecule has 0 spiro atoms. The Morgan fingerprint density at radius 2 is 2.25 bits per heavy atom. The van der Waals surface area contributed by atoms with Crippen molar-refractivity contribution in [2.45, 2.75) is 6.92 Å². The van der Waals surface area contributed by atoms with Crippen LogP contribution in [0.5, 0.6) is 0 Å². The molecule has 0 saturated heterocycles. The molecule has 0 aliphatic rings. The second-order valence-corrected chi connectivity index (χ2v) is 3.57. The lowest BCUT2D eigenvalue weighted by Crippen LogP contribution is -2.18. The highest BCUT2D eigenvalue weighted by Gasteiger charge is 2.04. The van der Waals surface area contributed by atoms with Gasteiger partial charge in [0.1, 0.15) is 0 Å². The fourth-order valence-electron chi connectivity index (χ4n) is 0.850. The van der Waals surface area contributed by atoms with E-state index in [1.807, 2.05) is 13.0 Å². The van der Waals surface area contributed by atoms with Gasteiger partial charge in [0, 0.05) is 9.13 Å². The molecular weight excluding hydrogens is 269 g/mol. The topological polar surface area (TPSA) is 49.3 Å². The molecule has 0 aromatic heterocycles. The van der Waals surface area contributed by atoms with E-state index in [1.54, 1.807) is 17.6 Å². The first-order valence-electron chi connectivity index (χ1n) is 3.35. The molecule has 0 saturated carbocycles. The second-order valence-electron chi connectivity index (χ2n) is 2.40. The Hall–Kier alpha value is -0.620. The fraction of sp³-hybridized carbons (Fsp3) is 0.125. The van der Waals surface area contributed by atoms with E-state index < -0.39 is 5.91 Å². The van der Waals surface area contributed by atoms with Crippen molar-refractivity contribution in [3.05, 3.63) is 32.9 Å². The van der Waals surface area contributed by atoms with Gasteiger partial charge in [0.15, 0.2) is 0 Å². The minimum atomic E-state index is -0.477. The van der Waals surface area contributed by atoms with Gasteiger partial charge in [0.2, 0.25) is 0 Å². The maximum absolute atomic E-state index is 10.9. The third kappa shape index (κ3) is 1.95. The predicted molar refractivity (Wildman–Crippen MR) is 53.1 cm³/mol. The van der Waals surface area contributed by atoms with E-state index >= 15 is 0 Å². The minimum absolute atomic E-state index is 0.468. The van der Waals surface area contributed by atoms with Crippen molar-refractivity contribution < 1.29 is 10.0 Å². The van der Waals surface area contributed by atoms with E-state index in [2.05, 4.69) is 22.6 Å². The first-order chi connectivity index (χ1) is 5.65. The zero-order valence-corrected chi connectivity index (χ0v) is 8.62. The summed E-state index contributed by atoms with van der Waals surface area (Å²) in [6, 6.07) is 5.23. The standard InChI is InChI=1S/C8H8INO2/c1-5-4-6(8(11)10-12)2-3-7(5)9/h2-4,12H,1H3,(H,10,11). The third-order valence-corrected chi connectivity index (χ3v) is 2.73. The number of benzene rings is 1. The smallest absolute Gasteiger partial charge is 0.274 e. The molecule has 0 fully saturated rings. The van der Waals surface area contributed by atoms with E-state index in [9.17, 15) is 4.79 Å². The van der Waals surface area contributed by atoms with Crippen molar-refractivity contribution in [1.82, 2.24) is 5.48 Å². The quantitative estimate of drug-likeness (QED) is 0.466. The molecule has 1 rings (SSSR count). The summed E-state index contributed by atoms with van der Waals surface area (Å²) >= 11 is 2.18. The first-order valence-corrected chi connectivity index (χ1v) is 4.43. The van der Waals surface area contributed by atoms with Crippen LogP contribution in [0.3, 0.4) is 0 Å². The maximum Gasteiger partial charge on any atom is 0.274 e. The Morgan fingerprint density at radius 1 is 1.58 bits per heavy atom. The summed E-state index contributed by atoms with van der Waals surface area (Å²) in [6.45, 7) is 1.91. The second kappa shape index (κ2) is 3.86. The Kier molecular flexibility index (Phi) is 3.05. The molecular formula is C8H8INO2. The molecule has 0 aliphatic carbocycles. The van der Waals surface area contributed by atoms with Gasteiger partial charge in [0.25, 0.3) is 5.91 Å². The Morgan fingerprint density at radius 3 is 2.75 bits per heavy atom. The van der Waals surface area contributed by atoms with Gasteiger partial charge in [-0.05, 0) is 53.3 Å². The number of carbonyl (C=O) groups is 1. The molecule has 3 nitrogen and oxygen atoms in total. The zero-order valence-electron chi connectivity index (χ0n) is 6.47. The molecule has 1 amide bonds. The van der Waals surface area contributed by atoms with Crippen LogP contribution in [-0.4, -0.2) is 11.1 Å². The Labute approximate surface area is 83.9 Å². The summed E-state index contributed by atoms with van der Waals surface area (Å²) in [6.07, 6.45) is 0. The molecule has 2 N–H and O–H groups in total. The van der Waals surface area contributed by atoms with Gasteiger partial charge < -0.3 is 0 Å². The number of rotatable bonds is 1. The van der Waals surface area contributed by atoms with Gasteiger partial charge >= 0.3 is 0 Å². The number of carbonyl (C=O) groups excluding carboxylic acids is 1. The largest absolute Gasteiger partial charge is 0.288 e. The van der Waals surface area contributed by atoms with Crippen LogP contribution < -0.4 is 5.48 Å². The van der Waals surface area contributed by atoms with Crippen LogP contribution in [0.4, 0.5) is 0 Å². The molecule has 0 atom stereocenters. The van der Waals surface area contributed by atoms with Crippen molar-refractivity contribution in [2.75, 3.05) is 0 Å². The highest BCUT2D eigenvalue weighted by Crippen LogP contribution is 2.12. The predicted octanol–water partition coefficient (Wildman–Crippen LogP) is 1.72. The van der Waals surface area contributed by atoms with Crippen molar-refractivity contribution in [3.8, 4) is 0 Å². The number of amides is 1. The summed E-state index contributed by atoms with van der Waals surface area (Å²) in [5, 5.41) is 8.35. The van der Waals surface area contributed by atoms with Gasteiger partial charge in [-0.2, -0.15) is 0 Å². The average Bonchev–Trinajstić information content (AvgIpc) is 2.08. The van der Waals surface area contributed by atoms with Crippen molar-refractivity contribution in [3.63, 3.8) is 0 Å². The zero-order chi connectivity index (χ0) is 9.14. The number of nitrogens with one attached hydrogen (secondary N) is 1. The van der Waals surface area contributed by atoms with Crippen molar-refractivity contribution >= 4 is 28.5 Å². The lowest BCUT2D eigenvalue weighted by molar-refractivity contribution is 0.0706. The summed E-state index contributed by atoms with van der Waals surface area (Å²) in [5.41, 5.74) is 3.08. The van der Waals surface area contributed by atoms with Gasteiger partial charge in [-0.25, -0.2) is 5.48 Å². The van der Waals surface area contributed by atoms with Crippen LogP contribution in [-0.2, 0) is 0 Å². The fourth-order valence-corrected chi connectivity index (χ4v) is 1.19. The summed E-state index contributed by atoms with van der Waals surface area (Å²) in [7, 11) is 0. The van der Waals surface area contributed by atoms with Gasteiger partial charge in [-0.3, -0.25) is 10.0 Å². The number of aryl methyl sites for hydroxylation is 1. The van der Waals surface area contributed by atoms with E-state index in [4.69, 9.17) is 5.21 Å². The normalized spacial score (nSPS) is 9.58. The molecule has 0 aliphatic heterocycles.